The Labute approximate surface area is 147 Å². The number of hydrogen-bond acceptors (Lipinski definition) is 4. The second-order valence-electron chi connectivity index (χ2n) is 7.87. The molecule has 0 aromatic carbocycles. The van der Waals surface area contributed by atoms with Gasteiger partial charge in [-0.1, -0.05) is 20.8 Å². The van der Waals surface area contributed by atoms with Gasteiger partial charge in [0.15, 0.2) is 11.2 Å². The molecule has 1 saturated heterocycles. The van der Waals surface area contributed by atoms with Crippen molar-refractivity contribution in [2.75, 3.05) is 13.1 Å². The SMILES string of the molecule is CC(C)Cn1c(CN2CCC(C)CC2)nc2c1c(=O)n(C)c(=O)n2C. The van der Waals surface area contributed by atoms with Gasteiger partial charge in [0.2, 0.25) is 0 Å². The molecule has 0 aliphatic carbocycles. The van der Waals surface area contributed by atoms with E-state index in [1.807, 2.05) is 4.57 Å². The molecule has 2 aromatic rings. The molecular formula is C18H29N5O2. The third-order valence-electron chi connectivity index (χ3n) is 5.22. The summed E-state index contributed by atoms with van der Waals surface area (Å²) in [6.07, 6.45) is 2.40. The van der Waals surface area contributed by atoms with E-state index in [0.717, 1.165) is 37.9 Å². The molecule has 2 aromatic heterocycles. The molecule has 0 saturated carbocycles. The molecule has 0 unspecified atom stereocenters. The van der Waals surface area contributed by atoms with Crippen LogP contribution in [0.5, 0.6) is 0 Å². The predicted molar refractivity (Wildman–Crippen MR) is 98.7 cm³/mol. The van der Waals surface area contributed by atoms with Crippen LogP contribution in [-0.2, 0) is 27.2 Å². The van der Waals surface area contributed by atoms with Crippen molar-refractivity contribution < 1.29 is 0 Å². The number of imidazole rings is 1. The van der Waals surface area contributed by atoms with Crippen LogP contribution >= 0.6 is 0 Å². The lowest BCUT2D eigenvalue weighted by atomic mass is 9.99. The number of nitrogens with zero attached hydrogens (tertiary/aromatic N) is 5. The van der Waals surface area contributed by atoms with Gasteiger partial charge in [-0.05, 0) is 37.8 Å². The quantitative estimate of drug-likeness (QED) is 0.837. The lowest BCUT2D eigenvalue weighted by Gasteiger charge is -2.30. The van der Waals surface area contributed by atoms with Gasteiger partial charge in [0.1, 0.15) is 5.82 Å². The molecule has 0 atom stereocenters. The van der Waals surface area contributed by atoms with Gasteiger partial charge in [0.05, 0.1) is 6.54 Å². The van der Waals surface area contributed by atoms with E-state index >= 15 is 0 Å². The molecule has 0 radical (unpaired) electrons. The lowest BCUT2D eigenvalue weighted by molar-refractivity contribution is 0.179. The Bertz CT molecular complexity index is 881. The van der Waals surface area contributed by atoms with Crippen molar-refractivity contribution in [2.24, 2.45) is 25.9 Å². The summed E-state index contributed by atoms with van der Waals surface area (Å²) >= 11 is 0. The van der Waals surface area contributed by atoms with Gasteiger partial charge in [-0.15, -0.1) is 0 Å². The summed E-state index contributed by atoms with van der Waals surface area (Å²) in [5.41, 5.74) is 0.447. The maximum atomic E-state index is 12.7. The van der Waals surface area contributed by atoms with E-state index in [0.29, 0.717) is 17.1 Å². The van der Waals surface area contributed by atoms with Gasteiger partial charge in [-0.2, -0.15) is 0 Å². The van der Waals surface area contributed by atoms with Gasteiger partial charge in [-0.3, -0.25) is 18.8 Å². The average molecular weight is 347 g/mol. The normalized spacial score (nSPS) is 17.0. The fourth-order valence-electron chi connectivity index (χ4n) is 3.59. The number of rotatable bonds is 4. The van der Waals surface area contributed by atoms with Crippen LogP contribution in [0.1, 0.15) is 39.4 Å². The van der Waals surface area contributed by atoms with Crippen molar-refractivity contribution in [1.29, 1.82) is 0 Å². The zero-order valence-electron chi connectivity index (χ0n) is 15.9. The van der Waals surface area contributed by atoms with Crippen LogP contribution < -0.4 is 11.2 Å². The van der Waals surface area contributed by atoms with Gasteiger partial charge < -0.3 is 4.57 Å². The Balaban J connectivity index is 2.11. The molecule has 0 N–H and O–H groups in total. The van der Waals surface area contributed by atoms with Crippen LogP contribution in [-0.4, -0.2) is 36.7 Å². The van der Waals surface area contributed by atoms with E-state index < -0.39 is 0 Å². The molecule has 0 spiro atoms. The molecule has 7 heteroatoms. The van der Waals surface area contributed by atoms with Crippen LogP contribution in [0.25, 0.3) is 11.2 Å². The van der Waals surface area contributed by atoms with Crippen molar-refractivity contribution in [3.63, 3.8) is 0 Å². The van der Waals surface area contributed by atoms with Crippen molar-refractivity contribution >= 4 is 11.2 Å². The van der Waals surface area contributed by atoms with E-state index in [1.165, 1.54) is 29.0 Å². The molecular weight excluding hydrogens is 318 g/mol. The highest BCUT2D eigenvalue weighted by atomic mass is 16.2. The summed E-state index contributed by atoms with van der Waals surface area (Å²) < 4.78 is 4.68. The smallest absolute Gasteiger partial charge is 0.321 e. The fourth-order valence-corrected chi connectivity index (χ4v) is 3.59. The van der Waals surface area contributed by atoms with Gasteiger partial charge in [-0.25, -0.2) is 9.78 Å². The van der Waals surface area contributed by atoms with Crippen LogP contribution in [0.3, 0.4) is 0 Å². The highest BCUT2D eigenvalue weighted by Gasteiger charge is 2.22. The summed E-state index contributed by atoms with van der Waals surface area (Å²) in [7, 11) is 3.21. The minimum Gasteiger partial charge on any atom is -0.321 e. The highest BCUT2D eigenvalue weighted by molar-refractivity contribution is 5.71. The maximum absolute atomic E-state index is 12.7. The monoisotopic (exact) mass is 347 g/mol. The Morgan fingerprint density at radius 3 is 2.36 bits per heavy atom. The van der Waals surface area contributed by atoms with Gasteiger partial charge in [0.25, 0.3) is 5.56 Å². The molecule has 0 bridgehead atoms. The number of fused-ring (bicyclic) bond motifs is 1. The van der Waals surface area contributed by atoms with E-state index in [2.05, 4.69) is 25.7 Å². The van der Waals surface area contributed by atoms with Crippen LogP contribution in [0.15, 0.2) is 9.59 Å². The molecule has 1 aliphatic heterocycles. The minimum absolute atomic E-state index is 0.259. The van der Waals surface area contributed by atoms with E-state index in [9.17, 15) is 9.59 Å². The largest absolute Gasteiger partial charge is 0.332 e. The zero-order valence-corrected chi connectivity index (χ0v) is 15.9. The summed E-state index contributed by atoms with van der Waals surface area (Å²) in [4.78, 5) is 32.1. The zero-order chi connectivity index (χ0) is 18.3. The van der Waals surface area contributed by atoms with Crippen molar-refractivity contribution in [3.8, 4) is 0 Å². The molecule has 25 heavy (non-hydrogen) atoms. The van der Waals surface area contributed by atoms with Crippen LogP contribution in [0.2, 0.25) is 0 Å². The minimum atomic E-state index is -0.329. The number of piperidine rings is 1. The third kappa shape index (κ3) is 3.29. The molecule has 7 nitrogen and oxygen atoms in total. The van der Waals surface area contributed by atoms with Crippen molar-refractivity contribution in [3.05, 3.63) is 26.7 Å². The molecule has 1 fully saturated rings. The van der Waals surface area contributed by atoms with Crippen LogP contribution in [0.4, 0.5) is 0 Å². The lowest BCUT2D eigenvalue weighted by Crippen LogP contribution is -2.37. The predicted octanol–water partition coefficient (Wildman–Crippen LogP) is 1.32. The third-order valence-corrected chi connectivity index (χ3v) is 5.22. The molecule has 138 valence electrons. The first-order chi connectivity index (χ1) is 11.8. The number of aromatic nitrogens is 4. The van der Waals surface area contributed by atoms with E-state index in [-0.39, 0.29) is 11.2 Å². The first-order valence-corrected chi connectivity index (χ1v) is 9.17. The number of likely N-dealkylation sites (tertiary alicyclic amines) is 1. The first-order valence-electron chi connectivity index (χ1n) is 9.17. The summed E-state index contributed by atoms with van der Waals surface area (Å²) in [5.74, 6) is 2.05. The number of aryl methyl sites for hydroxylation is 1. The van der Waals surface area contributed by atoms with E-state index in [1.54, 1.807) is 7.05 Å². The standard InChI is InChI=1S/C18H29N5O2/c1-12(2)10-23-14(11-22-8-6-13(3)7-9-22)19-16-15(23)17(24)21(5)18(25)20(16)4/h12-13H,6-11H2,1-5H3. The van der Waals surface area contributed by atoms with Crippen molar-refractivity contribution in [2.45, 2.75) is 46.7 Å². The van der Waals surface area contributed by atoms with Crippen molar-refractivity contribution in [1.82, 2.24) is 23.6 Å². The highest BCUT2D eigenvalue weighted by Crippen LogP contribution is 2.20. The van der Waals surface area contributed by atoms with E-state index in [4.69, 9.17) is 4.98 Å². The van der Waals surface area contributed by atoms with Gasteiger partial charge >= 0.3 is 5.69 Å². The molecule has 0 amide bonds. The summed E-state index contributed by atoms with van der Waals surface area (Å²) in [6.45, 7) is 10.1. The Morgan fingerprint density at radius 1 is 1.12 bits per heavy atom. The second kappa shape index (κ2) is 6.78. The Hall–Kier alpha value is -1.89. The molecule has 3 heterocycles. The second-order valence-corrected chi connectivity index (χ2v) is 7.87. The van der Waals surface area contributed by atoms with Crippen LogP contribution in [0, 0.1) is 11.8 Å². The fraction of sp³-hybridized carbons (Fsp3) is 0.722. The maximum Gasteiger partial charge on any atom is 0.332 e. The summed E-state index contributed by atoms with van der Waals surface area (Å²) in [5, 5.41) is 0. The topological polar surface area (TPSA) is 65.1 Å². The molecule has 1 aliphatic rings. The Morgan fingerprint density at radius 2 is 1.76 bits per heavy atom. The number of hydrogen-bond donors (Lipinski definition) is 0. The first kappa shape index (κ1) is 17.9. The molecule has 3 rings (SSSR count). The van der Waals surface area contributed by atoms with Gasteiger partial charge in [0, 0.05) is 20.6 Å². The average Bonchev–Trinajstić information content (AvgIpc) is 2.91. The summed E-state index contributed by atoms with van der Waals surface area (Å²) in [6, 6.07) is 0. The Kier molecular flexibility index (Phi) is 4.86.